The first-order valence-electron chi connectivity index (χ1n) is 3.44. The summed E-state index contributed by atoms with van der Waals surface area (Å²) in [6.45, 7) is 0.941. The molecule has 1 aromatic rings. The molecular weight excluding hydrogens is 302 g/mol. The van der Waals surface area contributed by atoms with Gasteiger partial charge in [0.25, 0.3) is 0 Å². The molecule has 1 heterocycles. The van der Waals surface area contributed by atoms with E-state index in [1.165, 1.54) is 0 Å². The van der Waals surface area contributed by atoms with Crippen LogP contribution in [0.5, 0.6) is 0 Å². The molecule has 70 valence electrons. The minimum atomic E-state index is 0.438. The molecule has 0 aliphatic heterocycles. The van der Waals surface area contributed by atoms with Gasteiger partial charge in [-0.05, 0) is 31.9 Å². The first-order valence-corrected chi connectivity index (χ1v) is 5.03. The minimum absolute atomic E-state index is 0.438. The molecule has 1 aromatic heterocycles. The summed E-state index contributed by atoms with van der Waals surface area (Å²) in [5, 5.41) is 4.04. The maximum absolute atomic E-state index is 4.78. The molecule has 0 aromatic carbocycles. The smallest absolute Gasteiger partial charge is 0.218 e. The molecule has 0 radical (unpaired) electrons. The Bertz CT molecular complexity index is 339. The highest BCUT2D eigenvalue weighted by atomic mass is 79.9. The first-order chi connectivity index (χ1) is 6.24. The third-order valence-corrected chi connectivity index (χ3v) is 2.09. The molecule has 0 amide bonds. The summed E-state index contributed by atoms with van der Waals surface area (Å²) in [7, 11) is 1.61. The highest BCUT2D eigenvalue weighted by Gasteiger charge is 2.01. The van der Waals surface area contributed by atoms with Crippen LogP contribution in [0.4, 0.5) is 0 Å². The molecule has 4 nitrogen and oxygen atoms in total. The average Bonchev–Trinajstić information content (AvgIpc) is 2.39. The zero-order chi connectivity index (χ0) is 9.68. The third-order valence-electron chi connectivity index (χ3n) is 1.17. The van der Waals surface area contributed by atoms with Crippen molar-refractivity contribution in [2.24, 2.45) is 0 Å². The van der Waals surface area contributed by atoms with Crippen LogP contribution in [0, 0.1) is 11.8 Å². The van der Waals surface area contributed by atoms with Crippen LogP contribution in [0.25, 0.3) is 0 Å². The molecule has 0 saturated carbocycles. The number of hydrogen-bond acceptors (Lipinski definition) is 3. The molecule has 0 N–H and O–H groups in total. The summed E-state index contributed by atoms with van der Waals surface area (Å²) in [4.78, 5) is 4.00. The molecule has 0 spiro atoms. The lowest BCUT2D eigenvalue weighted by molar-refractivity contribution is 0.239. The van der Waals surface area contributed by atoms with E-state index in [2.05, 4.69) is 53.8 Å². The molecule has 1 rings (SSSR count). The van der Waals surface area contributed by atoms with Crippen molar-refractivity contribution in [3.63, 3.8) is 0 Å². The van der Waals surface area contributed by atoms with Gasteiger partial charge in [0, 0.05) is 7.11 Å². The Morgan fingerprint density at radius 3 is 2.77 bits per heavy atom. The number of methoxy groups -OCH3 is 1. The Hall–Kier alpha value is -0.380. The van der Waals surface area contributed by atoms with Crippen molar-refractivity contribution in [3.8, 4) is 11.8 Å². The fourth-order valence-corrected chi connectivity index (χ4v) is 1.62. The van der Waals surface area contributed by atoms with Gasteiger partial charge < -0.3 is 4.74 Å². The molecule has 6 heteroatoms. The van der Waals surface area contributed by atoms with Gasteiger partial charge in [-0.15, -0.1) is 5.10 Å². The summed E-state index contributed by atoms with van der Waals surface area (Å²) in [6, 6.07) is 0. The van der Waals surface area contributed by atoms with Gasteiger partial charge in [0.15, 0.2) is 4.73 Å². The zero-order valence-corrected chi connectivity index (χ0v) is 10.1. The number of halogens is 2. The van der Waals surface area contributed by atoms with Gasteiger partial charge in [-0.1, -0.05) is 11.8 Å². The Balaban J connectivity index is 2.55. The minimum Gasteiger partial charge on any atom is -0.372 e. The zero-order valence-electron chi connectivity index (χ0n) is 6.92. The number of rotatable bonds is 2. The maximum Gasteiger partial charge on any atom is 0.218 e. The van der Waals surface area contributed by atoms with Crippen LogP contribution in [0.3, 0.4) is 0 Å². The third kappa shape index (κ3) is 3.46. The molecule has 13 heavy (non-hydrogen) atoms. The summed E-state index contributed by atoms with van der Waals surface area (Å²) in [5.41, 5.74) is 0. The topological polar surface area (TPSA) is 39.9 Å². The lowest BCUT2D eigenvalue weighted by Gasteiger charge is -1.92. The second-order valence-electron chi connectivity index (χ2n) is 2.09. The van der Waals surface area contributed by atoms with E-state index in [0.29, 0.717) is 22.6 Å². The number of hydrogen-bond donors (Lipinski definition) is 0. The largest absolute Gasteiger partial charge is 0.372 e. The lowest BCUT2D eigenvalue weighted by Crippen LogP contribution is -1.98. The molecule has 0 bridgehead atoms. The highest BCUT2D eigenvalue weighted by molar-refractivity contribution is 9.11. The van der Waals surface area contributed by atoms with Crippen molar-refractivity contribution >= 4 is 31.9 Å². The average molecular weight is 309 g/mol. The summed E-state index contributed by atoms with van der Waals surface area (Å²) in [5.74, 6) is 5.71. The lowest BCUT2D eigenvalue weighted by atomic mass is 10.6. The Labute approximate surface area is 92.9 Å². The van der Waals surface area contributed by atoms with E-state index in [9.17, 15) is 0 Å². The van der Waals surface area contributed by atoms with Gasteiger partial charge >= 0.3 is 0 Å². The number of ether oxygens (including phenoxy) is 1. The van der Waals surface area contributed by atoms with Gasteiger partial charge in [0.05, 0.1) is 0 Å². The molecule has 0 aliphatic carbocycles. The van der Waals surface area contributed by atoms with Gasteiger partial charge in [0.2, 0.25) is 4.73 Å². The van der Waals surface area contributed by atoms with Crippen LogP contribution in [0.1, 0.15) is 0 Å². The van der Waals surface area contributed by atoms with Crippen molar-refractivity contribution in [3.05, 3.63) is 9.47 Å². The van der Waals surface area contributed by atoms with E-state index >= 15 is 0 Å². The standard InChI is InChI=1S/C7H7Br2N3O/c1-13-5-3-2-4-12-7(9)10-6(8)11-12/h4-5H2,1H3. The summed E-state index contributed by atoms with van der Waals surface area (Å²) < 4.78 is 7.63. The number of aromatic nitrogens is 3. The maximum atomic E-state index is 4.78. The Morgan fingerprint density at radius 1 is 1.46 bits per heavy atom. The fraction of sp³-hybridized carbons (Fsp3) is 0.429. The van der Waals surface area contributed by atoms with Crippen LogP contribution < -0.4 is 0 Å². The van der Waals surface area contributed by atoms with E-state index < -0.39 is 0 Å². The van der Waals surface area contributed by atoms with Crippen LogP contribution in [0.15, 0.2) is 9.47 Å². The predicted molar refractivity (Wildman–Crippen MR) is 55.1 cm³/mol. The van der Waals surface area contributed by atoms with Crippen LogP contribution in [-0.4, -0.2) is 28.5 Å². The Kier molecular flexibility index (Phi) is 4.42. The van der Waals surface area contributed by atoms with E-state index in [1.54, 1.807) is 11.8 Å². The molecule has 0 atom stereocenters. The van der Waals surface area contributed by atoms with Gasteiger partial charge in [0.1, 0.15) is 13.2 Å². The highest BCUT2D eigenvalue weighted by Crippen LogP contribution is 2.10. The molecule has 0 unspecified atom stereocenters. The fourth-order valence-electron chi connectivity index (χ4n) is 0.652. The van der Waals surface area contributed by atoms with E-state index in [0.717, 1.165) is 0 Å². The van der Waals surface area contributed by atoms with Crippen molar-refractivity contribution in [1.82, 2.24) is 14.8 Å². The van der Waals surface area contributed by atoms with Gasteiger partial charge in [-0.2, -0.15) is 4.98 Å². The SMILES string of the molecule is COCC#CCn1nc(Br)nc1Br. The van der Waals surface area contributed by atoms with Crippen molar-refractivity contribution in [1.29, 1.82) is 0 Å². The van der Waals surface area contributed by atoms with Gasteiger partial charge in [-0.3, -0.25) is 0 Å². The van der Waals surface area contributed by atoms with Crippen LogP contribution >= 0.6 is 31.9 Å². The molecule has 0 fully saturated rings. The Morgan fingerprint density at radius 2 is 2.23 bits per heavy atom. The molecular formula is C7H7Br2N3O. The van der Waals surface area contributed by atoms with Crippen LogP contribution in [0.2, 0.25) is 0 Å². The van der Waals surface area contributed by atoms with Crippen molar-refractivity contribution in [2.45, 2.75) is 6.54 Å². The summed E-state index contributed by atoms with van der Waals surface area (Å²) >= 11 is 6.41. The second-order valence-corrected chi connectivity index (χ2v) is 3.51. The van der Waals surface area contributed by atoms with E-state index in [-0.39, 0.29) is 0 Å². The molecule has 0 aliphatic rings. The summed E-state index contributed by atoms with van der Waals surface area (Å²) in [6.07, 6.45) is 0. The van der Waals surface area contributed by atoms with Crippen molar-refractivity contribution in [2.75, 3.05) is 13.7 Å². The second kappa shape index (κ2) is 5.37. The van der Waals surface area contributed by atoms with Gasteiger partial charge in [-0.25, -0.2) is 4.68 Å². The van der Waals surface area contributed by atoms with Crippen LogP contribution in [-0.2, 0) is 11.3 Å². The number of nitrogens with zero attached hydrogens (tertiary/aromatic N) is 3. The van der Waals surface area contributed by atoms with E-state index in [4.69, 9.17) is 4.74 Å². The normalized spacial score (nSPS) is 9.46. The quantitative estimate of drug-likeness (QED) is 0.777. The predicted octanol–water partition coefficient (Wildman–Crippen LogP) is 1.45. The van der Waals surface area contributed by atoms with Crippen molar-refractivity contribution < 1.29 is 4.74 Å². The van der Waals surface area contributed by atoms with E-state index in [1.807, 2.05) is 0 Å². The monoisotopic (exact) mass is 307 g/mol. The first kappa shape index (κ1) is 10.7. The molecule has 0 saturated heterocycles.